The van der Waals surface area contributed by atoms with Gasteiger partial charge in [-0.05, 0) is 6.42 Å². The normalized spacial score (nSPS) is 34.3. The topological polar surface area (TPSA) is 44.8 Å². The van der Waals surface area contributed by atoms with Crippen molar-refractivity contribution in [3.05, 3.63) is 0 Å². The first kappa shape index (κ1) is 11.6. The van der Waals surface area contributed by atoms with Gasteiger partial charge >= 0.3 is 5.97 Å². The van der Waals surface area contributed by atoms with Crippen LogP contribution in [0, 0.1) is 0 Å². The summed E-state index contributed by atoms with van der Waals surface area (Å²) in [4.78, 5) is 10.9. The molecule has 2 aliphatic rings. The molecule has 0 bridgehead atoms. The molecule has 86 valence electrons. The molecule has 1 spiro atoms. The van der Waals surface area contributed by atoms with Crippen molar-refractivity contribution >= 4 is 28.6 Å². The van der Waals surface area contributed by atoms with E-state index in [0.29, 0.717) is 13.2 Å². The number of alkyl halides is 1. The minimum atomic E-state index is -0.386. The second-order valence-corrected chi connectivity index (χ2v) is 5.61. The Morgan fingerprint density at radius 2 is 2.13 bits per heavy atom. The smallest absolute Gasteiger partial charge is 0.302 e. The van der Waals surface area contributed by atoms with Crippen molar-refractivity contribution in [1.82, 2.24) is 0 Å². The summed E-state index contributed by atoms with van der Waals surface area (Å²) in [6, 6.07) is 0. The van der Waals surface area contributed by atoms with E-state index in [1.165, 1.54) is 6.92 Å². The van der Waals surface area contributed by atoms with Gasteiger partial charge in [0.2, 0.25) is 0 Å². The number of hydrogen-bond acceptors (Lipinski definition) is 4. The highest BCUT2D eigenvalue weighted by Gasteiger charge is 2.45. The molecule has 1 heterocycles. The predicted molar refractivity (Wildman–Crippen MR) is 61.8 cm³/mol. The van der Waals surface area contributed by atoms with Crippen molar-refractivity contribution in [2.45, 2.75) is 42.0 Å². The molecule has 1 saturated carbocycles. The fraction of sp³-hybridized carbons (Fsp3) is 0.900. The van der Waals surface area contributed by atoms with Gasteiger partial charge in [-0.25, -0.2) is 0 Å². The van der Waals surface area contributed by atoms with E-state index in [0.717, 1.165) is 19.3 Å². The summed E-state index contributed by atoms with van der Waals surface area (Å²) >= 11 is 2.31. The van der Waals surface area contributed by atoms with Crippen molar-refractivity contribution in [3.63, 3.8) is 0 Å². The van der Waals surface area contributed by atoms with Crippen LogP contribution in [0.3, 0.4) is 0 Å². The SMILES string of the molecule is CC(=O)O[C@H]1CCC2(CC1I)OCCO2. The quantitative estimate of drug-likeness (QED) is 0.418. The molecule has 15 heavy (non-hydrogen) atoms. The molecule has 0 amide bonds. The monoisotopic (exact) mass is 326 g/mol. The molecule has 1 aliphatic carbocycles. The number of carbonyl (C=O) groups is 1. The summed E-state index contributed by atoms with van der Waals surface area (Å²) in [7, 11) is 0. The molecule has 0 aromatic heterocycles. The predicted octanol–water partition coefficient (Wildman–Crippen LogP) is 1.65. The first-order valence-electron chi connectivity index (χ1n) is 5.20. The fourth-order valence-electron chi connectivity index (χ4n) is 2.18. The minimum Gasteiger partial charge on any atom is -0.461 e. The average Bonchev–Trinajstić information content (AvgIpc) is 2.59. The number of ether oxygens (including phenoxy) is 3. The molecule has 4 nitrogen and oxygen atoms in total. The molecular formula is C10H15IO4. The van der Waals surface area contributed by atoms with Gasteiger partial charge in [-0.15, -0.1) is 0 Å². The van der Waals surface area contributed by atoms with Gasteiger partial charge < -0.3 is 14.2 Å². The van der Waals surface area contributed by atoms with E-state index in [-0.39, 0.29) is 21.8 Å². The summed E-state index contributed by atoms with van der Waals surface area (Å²) in [6.07, 6.45) is 2.48. The number of halogens is 1. The van der Waals surface area contributed by atoms with Gasteiger partial charge in [-0.1, -0.05) is 22.6 Å². The van der Waals surface area contributed by atoms with Gasteiger partial charge in [0, 0.05) is 19.8 Å². The Labute approximate surface area is 103 Å². The third-order valence-electron chi connectivity index (χ3n) is 2.85. The second-order valence-electron chi connectivity index (χ2n) is 4.01. The first-order valence-corrected chi connectivity index (χ1v) is 6.45. The first-order chi connectivity index (χ1) is 7.11. The summed E-state index contributed by atoms with van der Waals surface area (Å²) in [5.41, 5.74) is 0. The van der Waals surface area contributed by atoms with Crippen LogP contribution in [0.5, 0.6) is 0 Å². The lowest BCUT2D eigenvalue weighted by Crippen LogP contribution is -2.44. The standard InChI is InChI=1S/C10H15IO4/c1-7(12)15-9-2-3-10(6-8(9)11)13-4-5-14-10/h8-9H,2-6H2,1H3/t8?,9-/m0/s1. The third-order valence-corrected chi connectivity index (χ3v) is 4.09. The van der Waals surface area contributed by atoms with Gasteiger partial charge in [0.1, 0.15) is 6.10 Å². The van der Waals surface area contributed by atoms with Crippen molar-refractivity contribution in [2.24, 2.45) is 0 Å². The van der Waals surface area contributed by atoms with E-state index in [9.17, 15) is 4.79 Å². The van der Waals surface area contributed by atoms with Crippen LogP contribution in [-0.2, 0) is 19.0 Å². The Morgan fingerprint density at radius 3 is 2.67 bits per heavy atom. The van der Waals surface area contributed by atoms with Crippen LogP contribution in [0.1, 0.15) is 26.2 Å². The van der Waals surface area contributed by atoms with Crippen LogP contribution < -0.4 is 0 Å². The van der Waals surface area contributed by atoms with E-state index in [1.54, 1.807) is 0 Å². The highest BCUT2D eigenvalue weighted by atomic mass is 127. The van der Waals surface area contributed by atoms with Crippen LogP contribution in [0.15, 0.2) is 0 Å². The van der Waals surface area contributed by atoms with Gasteiger partial charge in [-0.3, -0.25) is 4.79 Å². The van der Waals surface area contributed by atoms with Crippen molar-refractivity contribution in [1.29, 1.82) is 0 Å². The molecule has 1 saturated heterocycles. The van der Waals surface area contributed by atoms with E-state index >= 15 is 0 Å². The summed E-state index contributed by atoms with van der Waals surface area (Å²) in [5, 5.41) is 0. The van der Waals surface area contributed by atoms with Gasteiger partial charge in [0.15, 0.2) is 5.79 Å². The minimum absolute atomic E-state index is 0.0153. The maximum atomic E-state index is 10.9. The molecule has 1 aliphatic heterocycles. The van der Waals surface area contributed by atoms with Gasteiger partial charge in [-0.2, -0.15) is 0 Å². The summed E-state index contributed by atoms with van der Waals surface area (Å²) in [5.74, 6) is -0.589. The lowest BCUT2D eigenvalue weighted by Gasteiger charge is -2.38. The number of carbonyl (C=O) groups excluding carboxylic acids is 1. The van der Waals surface area contributed by atoms with Gasteiger partial charge in [0.25, 0.3) is 0 Å². The summed E-state index contributed by atoms with van der Waals surface area (Å²) < 4.78 is 16.8. The average molecular weight is 326 g/mol. The number of esters is 1. The lowest BCUT2D eigenvalue weighted by molar-refractivity contribution is -0.190. The molecular weight excluding hydrogens is 311 g/mol. The molecule has 2 fully saturated rings. The number of rotatable bonds is 1. The molecule has 0 aromatic carbocycles. The van der Waals surface area contributed by atoms with E-state index in [2.05, 4.69) is 22.6 Å². The Morgan fingerprint density at radius 1 is 1.47 bits per heavy atom. The zero-order chi connectivity index (χ0) is 10.9. The molecule has 0 N–H and O–H groups in total. The highest BCUT2D eigenvalue weighted by Crippen LogP contribution is 2.39. The van der Waals surface area contributed by atoms with Crippen LogP contribution in [-0.4, -0.2) is 35.0 Å². The Balaban J connectivity index is 1.93. The molecule has 1 unspecified atom stereocenters. The number of hydrogen-bond donors (Lipinski definition) is 0. The summed E-state index contributed by atoms with van der Waals surface area (Å²) in [6.45, 7) is 2.82. The second kappa shape index (κ2) is 4.55. The Kier molecular flexibility index (Phi) is 3.52. The maximum absolute atomic E-state index is 10.9. The van der Waals surface area contributed by atoms with Crippen LogP contribution in [0.25, 0.3) is 0 Å². The molecule has 2 atom stereocenters. The van der Waals surface area contributed by atoms with E-state index < -0.39 is 0 Å². The molecule has 5 heteroatoms. The van der Waals surface area contributed by atoms with E-state index in [4.69, 9.17) is 14.2 Å². The van der Waals surface area contributed by atoms with Crippen molar-refractivity contribution in [3.8, 4) is 0 Å². The van der Waals surface area contributed by atoms with Gasteiger partial charge in [0.05, 0.1) is 17.1 Å². The Bertz CT molecular complexity index is 250. The fourth-order valence-corrected chi connectivity index (χ4v) is 3.36. The largest absolute Gasteiger partial charge is 0.461 e. The molecule has 0 aromatic rings. The van der Waals surface area contributed by atoms with Crippen LogP contribution >= 0.6 is 22.6 Å². The van der Waals surface area contributed by atoms with Crippen LogP contribution in [0.2, 0.25) is 0 Å². The van der Waals surface area contributed by atoms with Crippen LogP contribution in [0.4, 0.5) is 0 Å². The zero-order valence-electron chi connectivity index (χ0n) is 8.70. The Hall–Kier alpha value is 0.120. The highest BCUT2D eigenvalue weighted by molar-refractivity contribution is 14.1. The molecule has 0 radical (unpaired) electrons. The third kappa shape index (κ3) is 2.62. The van der Waals surface area contributed by atoms with E-state index in [1.807, 2.05) is 0 Å². The van der Waals surface area contributed by atoms with Crippen molar-refractivity contribution in [2.75, 3.05) is 13.2 Å². The molecule has 2 rings (SSSR count). The lowest BCUT2D eigenvalue weighted by atomic mass is 9.91. The van der Waals surface area contributed by atoms with Crippen molar-refractivity contribution < 1.29 is 19.0 Å². The zero-order valence-corrected chi connectivity index (χ0v) is 10.9. The maximum Gasteiger partial charge on any atom is 0.302 e.